The first kappa shape index (κ1) is 16.7. The average Bonchev–Trinajstić information content (AvgIpc) is 2.86. The molecule has 0 spiro atoms. The Bertz CT molecular complexity index is 971. The number of hydrogen-bond acceptors (Lipinski definition) is 8. The average molecular weight is 389 g/mol. The van der Waals surface area contributed by atoms with E-state index in [4.69, 9.17) is 21.1 Å². The van der Waals surface area contributed by atoms with Crippen LogP contribution in [0.15, 0.2) is 5.16 Å². The van der Waals surface area contributed by atoms with Gasteiger partial charge in [-0.15, -0.1) is 0 Å². The number of pyridine rings is 1. The van der Waals surface area contributed by atoms with Crippen LogP contribution in [0.25, 0.3) is 10.9 Å². The summed E-state index contributed by atoms with van der Waals surface area (Å²) in [4.78, 5) is 13.9. The summed E-state index contributed by atoms with van der Waals surface area (Å²) in [6.07, 6.45) is 1.69. The number of fused-ring (bicyclic) bond motifs is 2. The Morgan fingerprint density at radius 3 is 2.84 bits per heavy atom. The van der Waals surface area contributed by atoms with Crippen LogP contribution in [0.2, 0.25) is 5.15 Å². The van der Waals surface area contributed by atoms with Crippen molar-refractivity contribution >= 4 is 38.2 Å². The van der Waals surface area contributed by atoms with E-state index in [1.54, 1.807) is 0 Å². The highest BCUT2D eigenvalue weighted by molar-refractivity contribution is 7.90. The van der Waals surface area contributed by atoms with Crippen LogP contribution in [0.3, 0.4) is 0 Å². The van der Waals surface area contributed by atoms with Gasteiger partial charge in [0, 0.05) is 19.4 Å². The predicted octanol–water partition coefficient (Wildman–Crippen LogP) is 1.21. The molecule has 4 heterocycles. The molecule has 11 heteroatoms. The maximum Gasteiger partial charge on any atom is 0.249 e. The topological polar surface area (TPSA) is 94.5 Å². The summed E-state index contributed by atoms with van der Waals surface area (Å²) in [6.45, 7) is 1.74. The lowest BCUT2D eigenvalue weighted by Crippen LogP contribution is -2.41. The van der Waals surface area contributed by atoms with Gasteiger partial charge in [0.1, 0.15) is 23.3 Å². The summed E-state index contributed by atoms with van der Waals surface area (Å²) < 4.78 is 49.8. The number of hydrogen-bond donors (Lipinski definition) is 0. The molecular weight excluding hydrogens is 375 g/mol. The van der Waals surface area contributed by atoms with Gasteiger partial charge in [0.15, 0.2) is 11.0 Å². The fourth-order valence-electron chi connectivity index (χ4n) is 2.98. The zero-order valence-corrected chi connectivity index (χ0v) is 14.8. The predicted molar refractivity (Wildman–Crippen MR) is 87.5 cm³/mol. The largest absolute Gasteiger partial charge is 0.475 e. The van der Waals surface area contributed by atoms with Gasteiger partial charge in [0.05, 0.1) is 12.6 Å². The van der Waals surface area contributed by atoms with E-state index < -0.39 is 26.0 Å². The van der Waals surface area contributed by atoms with Gasteiger partial charge in [0.25, 0.3) is 0 Å². The first-order chi connectivity index (χ1) is 11.9. The summed E-state index contributed by atoms with van der Waals surface area (Å²) >= 11 is 5.83. The van der Waals surface area contributed by atoms with E-state index in [2.05, 4.69) is 15.0 Å². The lowest BCUT2D eigenvalue weighted by Gasteiger charge is -2.28. The lowest BCUT2D eigenvalue weighted by molar-refractivity contribution is 0.119. The highest BCUT2D eigenvalue weighted by Crippen LogP contribution is 2.38. The number of nitrogens with zero attached hydrogens (tertiary/aromatic N) is 4. The van der Waals surface area contributed by atoms with Crippen LogP contribution < -0.4 is 9.64 Å². The van der Waals surface area contributed by atoms with Crippen LogP contribution in [-0.2, 0) is 14.6 Å². The monoisotopic (exact) mass is 388 g/mol. The minimum atomic E-state index is -3.76. The molecule has 25 heavy (non-hydrogen) atoms. The van der Waals surface area contributed by atoms with Gasteiger partial charge >= 0.3 is 0 Å². The molecule has 0 N–H and O–H groups in total. The van der Waals surface area contributed by atoms with Gasteiger partial charge in [-0.05, 0) is 6.42 Å². The molecular formula is C14H14ClFN4O4S. The third-order valence-corrected chi connectivity index (χ3v) is 5.22. The van der Waals surface area contributed by atoms with Crippen molar-refractivity contribution in [2.75, 3.05) is 37.5 Å². The van der Waals surface area contributed by atoms with E-state index in [1.807, 2.05) is 4.90 Å². The molecule has 134 valence electrons. The maximum absolute atomic E-state index is 14.5. The molecule has 2 aliphatic heterocycles. The van der Waals surface area contributed by atoms with Crippen LogP contribution in [0.5, 0.6) is 5.88 Å². The molecule has 0 bridgehead atoms. The molecule has 1 atom stereocenters. The summed E-state index contributed by atoms with van der Waals surface area (Å²) in [5, 5.41) is -0.674. The summed E-state index contributed by atoms with van der Waals surface area (Å²) in [6, 6.07) is -0.205. The van der Waals surface area contributed by atoms with Crippen molar-refractivity contribution in [2.24, 2.45) is 0 Å². The molecule has 1 saturated heterocycles. The SMILES string of the molecule is CS(=O)(=O)c1nc2c3c(nc(Cl)c(F)c3n1)OC[C@H]1COCCCN21. The van der Waals surface area contributed by atoms with Crippen molar-refractivity contribution in [1.29, 1.82) is 0 Å². The number of anilines is 1. The van der Waals surface area contributed by atoms with Crippen molar-refractivity contribution in [2.45, 2.75) is 17.6 Å². The van der Waals surface area contributed by atoms with Crippen LogP contribution in [0.4, 0.5) is 10.2 Å². The minimum Gasteiger partial charge on any atom is -0.475 e. The number of rotatable bonds is 1. The van der Waals surface area contributed by atoms with Gasteiger partial charge in [-0.3, -0.25) is 0 Å². The van der Waals surface area contributed by atoms with Crippen LogP contribution >= 0.6 is 11.6 Å². The molecule has 0 amide bonds. The zero-order valence-electron chi connectivity index (χ0n) is 13.2. The normalized spacial score (nSPS) is 20.6. The molecule has 2 aromatic heterocycles. The van der Waals surface area contributed by atoms with Crippen LogP contribution in [0.1, 0.15) is 6.42 Å². The highest BCUT2D eigenvalue weighted by Gasteiger charge is 2.33. The van der Waals surface area contributed by atoms with Gasteiger partial charge in [-0.2, -0.15) is 4.98 Å². The van der Waals surface area contributed by atoms with E-state index in [9.17, 15) is 12.8 Å². The first-order valence-corrected chi connectivity index (χ1v) is 9.87. The van der Waals surface area contributed by atoms with Crippen LogP contribution in [-0.4, -0.2) is 62.0 Å². The Balaban J connectivity index is 2.08. The fraction of sp³-hybridized carbons (Fsp3) is 0.500. The molecule has 0 aliphatic carbocycles. The van der Waals surface area contributed by atoms with Crippen molar-refractivity contribution in [1.82, 2.24) is 15.0 Å². The van der Waals surface area contributed by atoms with Gasteiger partial charge in [0.2, 0.25) is 20.9 Å². The third kappa shape index (κ3) is 2.77. The molecule has 0 aromatic carbocycles. The number of ether oxygens (including phenoxy) is 2. The fourth-order valence-corrected chi connectivity index (χ4v) is 3.65. The lowest BCUT2D eigenvalue weighted by atomic mass is 10.2. The van der Waals surface area contributed by atoms with Gasteiger partial charge in [-0.25, -0.2) is 22.8 Å². The number of sulfone groups is 1. The van der Waals surface area contributed by atoms with Crippen molar-refractivity contribution in [3.05, 3.63) is 11.0 Å². The highest BCUT2D eigenvalue weighted by atomic mass is 35.5. The Kier molecular flexibility index (Phi) is 3.93. The summed E-state index contributed by atoms with van der Waals surface area (Å²) in [5.74, 6) is -0.539. The Hall–Kier alpha value is -1.78. The van der Waals surface area contributed by atoms with Gasteiger partial charge in [-0.1, -0.05) is 11.6 Å². The zero-order chi connectivity index (χ0) is 17.8. The molecule has 0 unspecified atom stereocenters. The Morgan fingerprint density at radius 1 is 1.28 bits per heavy atom. The van der Waals surface area contributed by atoms with E-state index in [0.717, 1.165) is 12.7 Å². The molecule has 0 saturated carbocycles. The molecule has 1 fully saturated rings. The summed E-state index contributed by atoms with van der Waals surface area (Å²) in [7, 11) is -3.76. The smallest absolute Gasteiger partial charge is 0.249 e. The van der Waals surface area contributed by atoms with Crippen LogP contribution in [0, 0.1) is 5.82 Å². The second kappa shape index (κ2) is 5.89. The van der Waals surface area contributed by atoms with E-state index >= 15 is 0 Å². The minimum absolute atomic E-state index is 0.0875. The molecule has 0 radical (unpaired) electrons. The molecule has 4 rings (SSSR count). The standard InChI is InChI=1S/C14H14ClFN4O4S/c1-25(21,22)14-17-10-8-12(19-14)20-3-2-4-23-5-7(20)6-24-13(8)18-11(15)9(10)16/h7H,2-6H2,1H3/t7-/m1/s1. The Morgan fingerprint density at radius 2 is 2.08 bits per heavy atom. The number of halogens is 2. The molecule has 2 aromatic rings. The molecule has 8 nitrogen and oxygen atoms in total. The van der Waals surface area contributed by atoms with Crippen molar-refractivity contribution in [3.63, 3.8) is 0 Å². The first-order valence-electron chi connectivity index (χ1n) is 7.60. The number of aromatic nitrogens is 3. The van der Waals surface area contributed by atoms with E-state index in [0.29, 0.717) is 19.8 Å². The van der Waals surface area contributed by atoms with Gasteiger partial charge < -0.3 is 14.4 Å². The van der Waals surface area contributed by atoms with E-state index in [1.165, 1.54) is 0 Å². The van der Waals surface area contributed by atoms with Crippen molar-refractivity contribution in [3.8, 4) is 5.88 Å². The quantitative estimate of drug-likeness (QED) is 0.531. The maximum atomic E-state index is 14.5. The van der Waals surface area contributed by atoms with Crippen molar-refractivity contribution < 1.29 is 22.3 Å². The summed E-state index contributed by atoms with van der Waals surface area (Å²) in [5.41, 5.74) is -0.216. The second-order valence-electron chi connectivity index (χ2n) is 5.93. The second-order valence-corrected chi connectivity index (χ2v) is 8.20. The Labute approximate surface area is 147 Å². The van der Waals surface area contributed by atoms with E-state index in [-0.39, 0.29) is 35.2 Å². The molecule has 2 aliphatic rings. The third-order valence-electron chi connectivity index (χ3n) is 4.13.